The Morgan fingerprint density at radius 3 is 2.19 bits per heavy atom. The fourth-order valence-electron chi connectivity index (χ4n) is 6.28. The quantitative estimate of drug-likeness (QED) is 0.206. The molecule has 1 aliphatic carbocycles. The van der Waals surface area contributed by atoms with E-state index in [9.17, 15) is 10.1 Å². The lowest BCUT2D eigenvalue weighted by atomic mass is 9.75. The van der Waals surface area contributed by atoms with Crippen molar-refractivity contribution < 1.29 is 4.92 Å². The molecule has 0 radical (unpaired) electrons. The number of nitrogens with one attached hydrogen (secondary N) is 2. The molecule has 174 valence electrons. The predicted molar refractivity (Wildman–Crippen MR) is 143 cm³/mol. The van der Waals surface area contributed by atoms with Crippen molar-refractivity contribution in [1.82, 2.24) is 9.97 Å². The molecule has 4 aromatic carbocycles. The molecule has 0 saturated carbocycles. The van der Waals surface area contributed by atoms with Crippen LogP contribution in [0, 0.1) is 10.1 Å². The van der Waals surface area contributed by atoms with E-state index >= 15 is 0 Å². The Morgan fingerprint density at radius 1 is 0.694 bits per heavy atom. The van der Waals surface area contributed by atoms with Crippen LogP contribution in [0.5, 0.6) is 0 Å². The van der Waals surface area contributed by atoms with Crippen LogP contribution < -0.4 is 0 Å². The Hall–Kier alpha value is -4.64. The highest BCUT2D eigenvalue weighted by Crippen LogP contribution is 2.59. The van der Waals surface area contributed by atoms with E-state index in [2.05, 4.69) is 76.8 Å². The van der Waals surface area contributed by atoms with Gasteiger partial charge in [-0.05, 0) is 34.4 Å². The van der Waals surface area contributed by atoms with Crippen molar-refractivity contribution >= 4 is 27.5 Å². The molecule has 5 nitrogen and oxygen atoms in total. The molecule has 5 heteroatoms. The van der Waals surface area contributed by atoms with Crippen molar-refractivity contribution in [3.8, 4) is 0 Å². The van der Waals surface area contributed by atoms with Gasteiger partial charge in [-0.3, -0.25) is 10.1 Å². The zero-order valence-corrected chi connectivity index (χ0v) is 19.4. The third-order valence-corrected chi connectivity index (χ3v) is 7.70. The van der Waals surface area contributed by atoms with E-state index in [1.54, 1.807) is 12.1 Å². The summed E-state index contributed by atoms with van der Waals surface area (Å²) in [6, 6.07) is 34.5. The Labute approximate surface area is 207 Å². The van der Waals surface area contributed by atoms with Gasteiger partial charge in [0, 0.05) is 63.6 Å². The van der Waals surface area contributed by atoms with Crippen LogP contribution in [0.15, 0.2) is 109 Å². The van der Waals surface area contributed by atoms with Crippen LogP contribution in [0.1, 0.15) is 45.7 Å². The van der Waals surface area contributed by atoms with Crippen LogP contribution in [0.2, 0.25) is 0 Å². The lowest BCUT2D eigenvalue weighted by Gasteiger charge is -2.27. The van der Waals surface area contributed by atoms with Crippen molar-refractivity contribution in [1.29, 1.82) is 0 Å². The lowest BCUT2D eigenvalue weighted by Crippen LogP contribution is -2.14. The fraction of sp³-hybridized carbons (Fsp3) is 0.0968. The second kappa shape index (κ2) is 7.95. The van der Waals surface area contributed by atoms with Crippen LogP contribution in [0.25, 0.3) is 21.8 Å². The first kappa shape index (κ1) is 20.7. The van der Waals surface area contributed by atoms with Gasteiger partial charge in [0.25, 0.3) is 5.69 Å². The summed E-state index contributed by atoms with van der Waals surface area (Å²) in [7, 11) is 0. The first-order valence-corrected chi connectivity index (χ1v) is 12.2. The average Bonchev–Trinajstić information content (AvgIpc) is 3.60. The fourth-order valence-corrected chi connectivity index (χ4v) is 6.28. The highest BCUT2D eigenvalue weighted by molar-refractivity contribution is 5.90. The monoisotopic (exact) mass is 469 g/mol. The van der Waals surface area contributed by atoms with Crippen molar-refractivity contribution in [2.75, 3.05) is 0 Å². The smallest absolute Gasteiger partial charge is 0.269 e. The molecule has 0 amide bonds. The minimum atomic E-state index is -0.302. The Balaban J connectivity index is 1.56. The van der Waals surface area contributed by atoms with Crippen LogP contribution in [-0.4, -0.2) is 14.9 Å². The molecule has 7 rings (SSSR count). The van der Waals surface area contributed by atoms with Crippen molar-refractivity contribution in [3.63, 3.8) is 0 Å². The molecule has 2 heterocycles. The second-order valence-electron chi connectivity index (χ2n) is 9.53. The second-order valence-corrected chi connectivity index (χ2v) is 9.53. The van der Waals surface area contributed by atoms with Crippen molar-refractivity contribution in [2.45, 2.75) is 17.8 Å². The van der Waals surface area contributed by atoms with Gasteiger partial charge in [0.05, 0.1) is 4.92 Å². The molecule has 0 bridgehead atoms. The van der Waals surface area contributed by atoms with Crippen LogP contribution in [0.3, 0.4) is 0 Å². The Bertz CT molecular complexity index is 1750. The highest BCUT2D eigenvalue weighted by Gasteiger charge is 2.46. The molecule has 0 saturated heterocycles. The molecular weight excluding hydrogens is 446 g/mol. The predicted octanol–water partition coefficient (Wildman–Crippen LogP) is 7.62. The first-order valence-electron chi connectivity index (χ1n) is 12.2. The third-order valence-electron chi connectivity index (χ3n) is 7.70. The summed E-state index contributed by atoms with van der Waals surface area (Å²) in [5.41, 5.74) is 8.16. The number of hydrogen-bond acceptors (Lipinski definition) is 2. The Kier molecular flexibility index (Phi) is 4.58. The molecule has 36 heavy (non-hydrogen) atoms. The first-order chi connectivity index (χ1) is 17.7. The number of hydrogen-bond donors (Lipinski definition) is 2. The molecule has 2 N–H and O–H groups in total. The van der Waals surface area contributed by atoms with Gasteiger partial charge in [0.2, 0.25) is 0 Å². The summed E-state index contributed by atoms with van der Waals surface area (Å²) in [6.45, 7) is 0. The summed E-state index contributed by atoms with van der Waals surface area (Å²) in [4.78, 5) is 18.7. The van der Waals surface area contributed by atoms with Crippen LogP contribution in [-0.2, 0) is 0 Å². The zero-order chi connectivity index (χ0) is 24.2. The molecule has 6 aromatic rings. The van der Waals surface area contributed by atoms with Gasteiger partial charge in [-0.15, -0.1) is 0 Å². The molecule has 0 unspecified atom stereocenters. The molecule has 0 spiro atoms. The highest BCUT2D eigenvalue weighted by atomic mass is 16.6. The topological polar surface area (TPSA) is 74.7 Å². The van der Waals surface area contributed by atoms with Gasteiger partial charge in [-0.1, -0.05) is 78.9 Å². The zero-order valence-electron chi connectivity index (χ0n) is 19.4. The van der Waals surface area contributed by atoms with Crippen LogP contribution >= 0.6 is 0 Å². The number of aromatic amines is 2. The average molecular weight is 470 g/mol. The van der Waals surface area contributed by atoms with Gasteiger partial charge in [-0.2, -0.15) is 0 Å². The molecule has 0 fully saturated rings. The van der Waals surface area contributed by atoms with E-state index in [1.807, 2.05) is 30.3 Å². The maximum Gasteiger partial charge on any atom is 0.269 e. The summed E-state index contributed by atoms with van der Waals surface area (Å²) >= 11 is 0. The van der Waals surface area contributed by atoms with Crippen molar-refractivity contribution in [3.05, 3.63) is 147 Å². The van der Waals surface area contributed by atoms with Gasteiger partial charge >= 0.3 is 0 Å². The lowest BCUT2D eigenvalue weighted by molar-refractivity contribution is -0.384. The number of nitrogens with zero attached hydrogens (tertiary/aromatic N) is 1. The standard InChI is InChI=1S/C31H23N3O2/c35-34(36)21-12-8-11-20(17-21)28-27(19-9-2-1-3-10-19)30(24-18-32-25-15-6-4-13-22(24)25)31-29(28)23-14-5-7-16-26(23)33-31/h1-18,27-28,30,32-33H/t27-,28-,30+/m0/s1. The summed E-state index contributed by atoms with van der Waals surface area (Å²) in [5.74, 6) is 0.0746. The van der Waals surface area contributed by atoms with E-state index in [0.29, 0.717) is 0 Å². The number of H-pyrrole nitrogens is 2. The van der Waals surface area contributed by atoms with E-state index in [0.717, 1.165) is 16.6 Å². The minimum absolute atomic E-state index is 0.0443. The summed E-state index contributed by atoms with van der Waals surface area (Å²) in [6.07, 6.45) is 2.14. The number of fused-ring (bicyclic) bond motifs is 4. The number of rotatable bonds is 4. The van der Waals surface area contributed by atoms with Gasteiger partial charge in [0.15, 0.2) is 0 Å². The van der Waals surface area contributed by atoms with Gasteiger partial charge in [-0.25, -0.2) is 0 Å². The molecule has 0 aliphatic heterocycles. The Morgan fingerprint density at radius 2 is 1.39 bits per heavy atom. The summed E-state index contributed by atoms with van der Waals surface area (Å²) < 4.78 is 0. The maximum absolute atomic E-state index is 11.7. The number of benzene rings is 4. The van der Waals surface area contributed by atoms with Crippen molar-refractivity contribution in [2.24, 2.45) is 0 Å². The summed E-state index contributed by atoms with van der Waals surface area (Å²) in [5, 5.41) is 14.1. The number of aromatic nitrogens is 2. The van der Waals surface area contributed by atoms with Gasteiger partial charge in [0.1, 0.15) is 0 Å². The molecular formula is C31H23N3O2. The van der Waals surface area contributed by atoms with E-state index in [-0.39, 0.29) is 28.4 Å². The molecule has 1 aliphatic rings. The molecule has 3 atom stereocenters. The molecule has 2 aromatic heterocycles. The maximum atomic E-state index is 11.7. The van der Waals surface area contributed by atoms with Gasteiger partial charge < -0.3 is 9.97 Å². The number of para-hydroxylation sites is 2. The number of non-ortho nitro benzene ring substituents is 1. The third kappa shape index (κ3) is 3.02. The largest absolute Gasteiger partial charge is 0.361 e. The van der Waals surface area contributed by atoms with E-state index < -0.39 is 0 Å². The SMILES string of the molecule is O=[N+]([O-])c1cccc([C@@H]2c3c([nH]c4ccccc34)[C@H](c3c[nH]c4ccccc34)[C@H]2c2ccccc2)c1. The van der Waals surface area contributed by atoms with Crippen LogP contribution in [0.4, 0.5) is 5.69 Å². The number of nitro benzene ring substituents is 1. The van der Waals surface area contributed by atoms with E-state index in [4.69, 9.17) is 0 Å². The normalized spacial score (nSPS) is 19.1. The minimum Gasteiger partial charge on any atom is -0.361 e. The number of nitro groups is 1. The van der Waals surface area contributed by atoms with E-state index in [1.165, 1.54) is 33.2 Å².